The highest BCUT2D eigenvalue weighted by Gasteiger charge is 2.36. The van der Waals surface area contributed by atoms with Crippen LogP contribution in [0.2, 0.25) is 0 Å². The van der Waals surface area contributed by atoms with Crippen molar-refractivity contribution in [2.45, 2.75) is 43.8 Å². The number of rotatable bonds is 3. The molecule has 1 aromatic carbocycles. The highest BCUT2D eigenvalue weighted by molar-refractivity contribution is 7.09. The first-order valence-corrected chi connectivity index (χ1v) is 7.97. The molecule has 2 nitrogen and oxygen atoms in total. The summed E-state index contributed by atoms with van der Waals surface area (Å²) in [4.78, 5) is 4.58. The molecule has 0 aliphatic heterocycles. The lowest BCUT2D eigenvalue weighted by Crippen LogP contribution is -2.39. The number of nitrogens with two attached hydrogens (primary N) is 1. The molecule has 2 N–H and O–H groups in total. The van der Waals surface area contributed by atoms with Gasteiger partial charge in [-0.05, 0) is 25.7 Å². The molecule has 0 bridgehead atoms. The molecule has 0 spiro atoms. The fraction of sp³-hybridized carbons (Fsp3) is 0.438. The van der Waals surface area contributed by atoms with Gasteiger partial charge in [0.25, 0.3) is 0 Å². The third-order valence-electron chi connectivity index (χ3n) is 3.92. The summed E-state index contributed by atoms with van der Waals surface area (Å²) < 4.78 is 14.8. The van der Waals surface area contributed by atoms with Gasteiger partial charge in [-0.1, -0.05) is 30.3 Å². The van der Waals surface area contributed by atoms with Crippen molar-refractivity contribution in [2.75, 3.05) is 0 Å². The lowest BCUT2D eigenvalue weighted by molar-refractivity contribution is 0.0964. The van der Waals surface area contributed by atoms with Gasteiger partial charge in [-0.15, -0.1) is 11.3 Å². The smallest absolute Gasteiger partial charge is 0.118 e. The van der Waals surface area contributed by atoms with E-state index in [0.717, 1.165) is 29.1 Å². The summed E-state index contributed by atoms with van der Waals surface area (Å²) in [5, 5.41) is 2.89. The molecule has 2 unspecified atom stereocenters. The topological polar surface area (TPSA) is 38.9 Å². The van der Waals surface area contributed by atoms with Gasteiger partial charge in [0.2, 0.25) is 0 Å². The minimum absolute atomic E-state index is 0.00214. The fourth-order valence-electron chi connectivity index (χ4n) is 2.92. The molecule has 3 rings (SSSR count). The van der Waals surface area contributed by atoms with Crippen molar-refractivity contribution >= 4 is 11.3 Å². The number of benzene rings is 1. The molecule has 0 amide bonds. The zero-order valence-electron chi connectivity index (χ0n) is 11.4. The first-order chi connectivity index (χ1) is 9.65. The molecule has 1 aliphatic rings. The third kappa shape index (κ3) is 3.07. The van der Waals surface area contributed by atoms with E-state index in [0.29, 0.717) is 19.3 Å². The maximum absolute atomic E-state index is 14.8. The van der Waals surface area contributed by atoms with Crippen molar-refractivity contribution < 1.29 is 4.39 Å². The first kappa shape index (κ1) is 13.7. The third-order valence-corrected chi connectivity index (χ3v) is 4.77. The second-order valence-corrected chi connectivity index (χ2v) is 6.62. The summed E-state index contributed by atoms with van der Waals surface area (Å²) in [7, 11) is 0. The Hall–Kier alpha value is -1.26. The van der Waals surface area contributed by atoms with Crippen molar-refractivity contribution in [3.05, 3.63) is 40.7 Å². The lowest BCUT2D eigenvalue weighted by Gasteiger charge is -2.32. The van der Waals surface area contributed by atoms with E-state index < -0.39 is 5.67 Å². The van der Waals surface area contributed by atoms with Crippen molar-refractivity contribution in [1.29, 1.82) is 0 Å². The Labute approximate surface area is 122 Å². The second kappa shape index (κ2) is 5.62. The number of alkyl halides is 1. The molecule has 1 aliphatic carbocycles. The minimum Gasteiger partial charge on any atom is -0.328 e. The molecule has 2 atom stereocenters. The quantitative estimate of drug-likeness (QED) is 0.929. The van der Waals surface area contributed by atoms with Gasteiger partial charge in [0.15, 0.2) is 0 Å². The molecule has 1 heterocycles. The van der Waals surface area contributed by atoms with E-state index in [1.165, 1.54) is 0 Å². The van der Waals surface area contributed by atoms with Gasteiger partial charge in [0, 0.05) is 23.4 Å². The number of hydrogen-bond acceptors (Lipinski definition) is 3. The maximum Gasteiger partial charge on any atom is 0.118 e. The van der Waals surface area contributed by atoms with E-state index in [4.69, 9.17) is 5.73 Å². The summed E-state index contributed by atoms with van der Waals surface area (Å²) in [6.07, 6.45) is 3.31. The number of nitrogens with zero attached hydrogens (tertiary/aromatic N) is 1. The lowest BCUT2D eigenvalue weighted by atomic mass is 9.81. The molecule has 1 saturated carbocycles. The van der Waals surface area contributed by atoms with Gasteiger partial charge in [0.1, 0.15) is 5.67 Å². The molecule has 4 heteroatoms. The van der Waals surface area contributed by atoms with E-state index in [2.05, 4.69) is 4.98 Å². The van der Waals surface area contributed by atoms with Crippen LogP contribution in [0.4, 0.5) is 4.39 Å². The molecule has 1 aromatic heterocycles. The zero-order valence-corrected chi connectivity index (χ0v) is 12.2. The first-order valence-electron chi connectivity index (χ1n) is 7.09. The van der Waals surface area contributed by atoms with Gasteiger partial charge in [-0.2, -0.15) is 0 Å². The average molecular weight is 290 g/mol. The SMILES string of the molecule is NC1CCCC(F)(Cc2nc(-c3ccccc3)cs2)C1. The molecule has 106 valence electrons. The zero-order chi connectivity index (χ0) is 14.0. The van der Waals surface area contributed by atoms with Crippen LogP contribution in [-0.4, -0.2) is 16.7 Å². The normalized spacial score (nSPS) is 26.6. The Kier molecular flexibility index (Phi) is 3.85. The molecule has 1 fully saturated rings. The van der Waals surface area contributed by atoms with Crippen LogP contribution in [0.15, 0.2) is 35.7 Å². The molecular weight excluding hydrogens is 271 g/mol. The van der Waals surface area contributed by atoms with Crippen LogP contribution < -0.4 is 5.73 Å². The van der Waals surface area contributed by atoms with Crippen LogP contribution in [-0.2, 0) is 6.42 Å². The van der Waals surface area contributed by atoms with Crippen LogP contribution in [0.5, 0.6) is 0 Å². The van der Waals surface area contributed by atoms with Crippen LogP contribution in [0.25, 0.3) is 11.3 Å². The van der Waals surface area contributed by atoms with Gasteiger partial charge in [-0.25, -0.2) is 9.37 Å². The summed E-state index contributed by atoms with van der Waals surface area (Å²) in [5.41, 5.74) is 6.77. The molecule has 0 radical (unpaired) electrons. The van der Waals surface area contributed by atoms with Crippen LogP contribution >= 0.6 is 11.3 Å². The molecule has 20 heavy (non-hydrogen) atoms. The summed E-state index contributed by atoms with van der Waals surface area (Å²) >= 11 is 1.55. The Morgan fingerprint density at radius 3 is 2.90 bits per heavy atom. The number of hydrogen-bond donors (Lipinski definition) is 1. The van der Waals surface area contributed by atoms with Crippen molar-refractivity contribution in [1.82, 2.24) is 4.98 Å². The molecular formula is C16H19FN2S. The fourth-order valence-corrected chi connectivity index (χ4v) is 3.85. The minimum atomic E-state index is -1.16. The summed E-state index contributed by atoms with van der Waals surface area (Å²) in [6, 6.07) is 10.0. The second-order valence-electron chi connectivity index (χ2n) is 5.68. The summed E-state index contributed by atoms with van der Waals surface area (Å²) in [5.74, 6) is 0. The maximum atomic E-state index is 14.8. The Morgan fingerprint density at radius 1 is 1.35 bits per heavy atom. The van der Waals surface area contributed by atoms with Gasteiger partial charge in [-0.3, -0.25) is 0 Å². The van der Waals surface area contributed by atoms with Crippen LogP contribution in [0, 0.1) is 0 Å². The summed E-state index contributed by atoms with van der Waals surface area (Å²) in [6.45, 7) is 0. The Bertz CT molecular complexity index is 569. The van der Waals surface area contributed by atoms with Crippen LogP contribution in [0.1, 0.15) is 30.7 Å². The van der Waals surface area contributed by atoms with Crippen molar-refractivity contribution in [3.63, 3.8) is 0 Å². The van der Waals surface area contributed by atoms with Crippen molar-refractivity contribution in [2.24, 2.45) is 5.73 Å². The number of halogens is 1. The van der Waals surface area contributed by atoms with E-state index in [1.807, 2.05) is 35.7 Å². The average Bonchev–Trinajstić information content (AvgIpc) is 2.87. The van der Waals surface area contributed by atoms with E-state index in [-0.39, 0.29) is 6.04 Å². The van der Waals surface area contributed by atoms with Crippen molar-refractivity contribution in [3.8, 4) is 11.3 Å². The Morgan fingerprint density at radius 2 is 2.15 bits per heavy atom. The van der Waals surface area contributed by atoms with E-state index in [9.17, 15) is 4.39 Å². The predicted molar refractivity (Wildman–Crippen MR) is 81.5 cm³/mol. The number of aromatic nitrogens is 1. The highest BCUT2D eigenvalue weighted by Crippen LogP contribution is 2.35. The van der Waals surface area contributed by atoms with Gasteiger partial charge < -0.3 is 5.73 Å². The molecule has 2 aromatic rings. The molecule has 0 saturated heterocycles. The largest absolute Gasteiger partial charge is 0.328 e. The van der Waals surface area contributed by atoms with E-state index >= 15 is 0 Å². The number of thiazole rings is 1. The van der Waals surface area contributed by atoms with Crippen LogP contribution in [0.3, 0.4) is 0 Å². The van der Waals surface area contributed by atoms with Gasteiger partial charge in [0.05, 0.1) is 10.7 Å². The van der Waals surface area contributed by atoms with Gasteiger partial charge >= 0.3 is 0 Å². The van der Waals surface area contributed by atoms with E-state index in [1.54, 1.807) is 11.3 Å². The standard InChI is InChI=1S/C16H19FN2S/c17-16(8-4-7-13(18)9-16)10-15-19-14(11-20-15)12-5-2-1-3-6-12/h1-3,5-6,11,13H,4,7-10,18H2. The highest BCUT2D eigenvalue weighted by atomic mass is 32.1. The predicted octanol–water partition coefficient (Wildman–Crippen LogP) is 3.96. The Balaban J connectivity index is 1.74. The monoisotopic (exact) mass is 290 g/mol.